The maximum absolute atomic E-state index is 11.1. The van der Waals surface area contributed by atoms with Gasteiger partial charge < -0.3 is 14.9 Å². The van der Waals surface area contributed by atoms with Gasteiger partial charge in [-0.25, -0.2) is 0 Å². The van der Waals surface area contributed by atoms with Crippen molar-refractivity contribution < 1.29 is 19.2 Å². The van der Waals surface area contributed by atoms with Crippen molar-refractivity contribution in [1.82, 2.24) is 10.5 Å². The summed E-state index contributed by atoms with van der Waals surface area (Å²) in [6, 6.07) is 1.80. The molecule has 6 nitrogen and oxygen atoms in total. The first kappa shape index (κ1) is 12.2. The third kappa shape index (κ3) is 4.59. The number of carboxylic acid groups (broad SMARTS) is 1. The lowest BCUT2D eigenvalue weighted by molar-refractivity contribution is -0.138. The molecule has 2 N–H and O–H groups in total. The van der Waals surface area contributed by atoms with Crippen LogP contribution in [-0.2, 0) is 16.0 Å². The Hall–Kier alpha value is -1.85. The molecule has 1 aromatic heterocycles. The number of rotatable bonds is 6. The van der Waals surface area contributed by atoms with Crippen LogP contribution in [0.1, 0.15) is 24.3 Å². The minimum Gasteiger partial charge on any atom is -0.481 e. The molecule has 0 fully saturated rings. The van der Waals surface area contributed by atoms with E-state index in [1.807, 2.05) is 6.92 Å². The highest BCUT2D eigenvalue weighted by atomic mass is 16.5. The molecular formula is C10H14N2O4. The lowest BCUT2D eigenvalue weighted by Gasteiger charge is -2.01. The van der Waals surface area contributed by atoms with Crippen molar-refractivity contribution >= 4 is 11.9 Å². The third-order valence-corrected chi connectivity index (χ3v) is 1.94. The second-order valence-corrected chi connectivity index (χ2v) is 3.43. The largest absolute Gasteiger partial charge is 0.481 e. The minimum absolute atomic E-state index is 0.00473. The second kappa shape index (κ2) is 5.89. The Morgan fingerprint density at radius 2 is 2.25 bits per heavy atom. The number of hydrogen-bond donors (Lipinski definition) is 2. The molecule has 0 unspecified atom stereocenters. The Kier molecular flexibility index (Phi) is 4.50. The predicted molar refractivity (Wildman–Crippen MR) is 54.8 cm³/mol. The zero-order valence-corrected chi connectivity index (χ0v) is 9.02. The SMILES string of the molecule is Cc1cc(CCNC(=O)CCC(=O)O)on1. The van der Waals surface area contributed by atoms with Crippen molar-refractivity contribution in [2.75, 3.05) is 6.54 Å². The fraction of sp³-hybridized carbons (Fsp3) is 0.500. The highest BCUT2D eigenvalue weighted by Gasteiger charge is 2.05. The Bertz CT molecular complexity index is 373. The van der Waals surface area contributed by atoms with Gasteiger partial charge in [-0.15, -0.1) is 0 Å². The first-order valence-corrected chi connectivity index (χ1v) is 4.98. The average Bonchev–Trinajstić information content (AvgIpc) is 2.61. The van der Waals surface area contributed by atoms with Crippen LogP contribution in [0.15, 0.2) is 10.6 Å². The van der Waals surface area contributed by atoms with E-state index in [1.54, 1.807) is 6.07 Å². The number of nitrogens with one attached hydrogen (secondary N) is 1. The number of carbonyl (C=O) groups is 2. The first-order valence-electron chi connectivity index (χ1n) is 4.98. The van der Waals surface area contributed by atoms with E-state index in [0.717, 1.165) is 5.69 Å². The maximum Gasteiger partial charge on any atom is 0.303 e. The van der Waals surface area contributed by atoms with E-state index >= 15 is 0 Å². The van der Waals surface area contributed by atoms with Crippen LogP contribution in [0.3, 0.4) is 0 Å². The van der Waals surface area contributed by atoms with Gasteiger partial charge in [-0.05, 0) is 6.92 Å². The number of carboxylic acids is 1. The molecule has 16 heavy (non-hydrogen) atoms. The standard InChI is InChI=1S/C10H14N2O4/c1-7-6-8(16-12-7)4-5-11-9(13)2-3-10(14)15/h6H,2-5H2,1H3,(H,11,13)(H,14,15). The summed E-state index contributed by atoms with van der Waals surface area (Å²) in [5.41, 5.74) is 0.798. The molecule has 0 aliphatic rings. The van der Waals surface area contributed by atoms with Crippen molar-refractivity contribution in [3.63, 3.8) is 0 Å². The number of aliphatic carboxylic acids is 1. The number of aryl methyl sites for hydroxylation is 1. The highest BCUT2D eigenvalue weighted by Crippen LogP contribution is 2.01. The van der Waals surface area contributed by atoms with Gasteiger partial charge in [0.25, 0.3) is 0 Å². The summed E-state index contributed by atoms with van der Waals surface area (Å²) in [7, 11) is 0. The van der Waals surface area contributed by atoms with E-state index < -0.39 is 5.97 Å². The van der Waals surface area contributed by atoms with Crippen LogP contribution in [0, 0.1) is 6.92 Å². The van der Waals surface area contributed by atoms with E-state index in [-0.39, 0.29) is 18.7 Å². The normalized spacial score (nSPS) is 10.1. The molecule has 0 atom stereocenters. The molecule has 0 saturated heterocycles. The molecule has 0 aromatic carbocycles. The van der Waals surface area contributed by atoms with Crippen LogP contribution in [0.25, 0.3) is 0 Å². The van der Waals surface area contributed by atoms with Crippen molar-refractivity contribution in [2.45, 2.75) is 26.2 Å². The zero-order chi connectivity index (χ0) is 12.0. The van der Waals surface area contributed by atoms with Crippen molar-refractivity contribution in [1.29, 1.82) is 0 Å². The molecular weight excluding hydrogens is 212 g/mol. The summed E-state index contributed by atoms with van der Waals surface area (Å²) in [4.78, 5) is 21.3. The van der Waals surface area contributed by atoms with Gasteiger partial charge in [0.1, 0.15) is 5.76 Å². The van der Waals surface area contributed by atoms with Gasteiger partial charge in [0.05, 0.1) is 12.1 Å². The molecule has 0 radical (unpaired) electrons. The summed E-state index contributed by atoms with van der Waals surface area (Å²) >= 11 is 0. The van der Waals surface area contributed by atoms with E-state index in [0.29, 0.717) is 18.7 Å². The summed E-state index contributed by atoms with van der Waals surface area (Å²) in [5, 5.41) is 14.7. The van der Waals surface area contributed by atoms with Crippen LogP contribution < -0.4 is 5.32 Å². The summed E-state index contributed by atoms with van der Waals surface area (Å²) < 4.78 is 4.95. The zero-order valence-electron chi connectivity index (χ0n) is 9.02. The van der Waals surface area contributed by atoms with Crippen molar-refractivity contribution in [3.8, 4) is 0 Å². The molecule has 0 bridgehead atoms. The number of carbonyl (C=O) groups excluding carboxylic acids is 1. The summed E-state index contributed by atoms with van der Waals surface area (Å²) in [5.74, 6) is -0.532. The smallest absolute Gasteiger partial charge is 0.303 e. The van der Waals surface area contributed by atoms with Crippen molar-refractivity contribution in [3.05, 3.63) is 17.5 Å². The van der Waals surface area contributed by atoms with Gasteiger partial charge in [0.15, 0.2) is 0 Å². The van der Waals surface area contributed by atoms with E-state index in [2.05, 4.69) is 10.5 Å². The second-order valence-electron chi connectivity index (χ2n) is 3.43. The van der Waals surface area contributed by atoms with Crippen LogP contribution in [-0.4, -0.2) is 28.7 Å². The molecule has 6 heteroatoms. The summed E-state index contributed by atoms with van der Waals surface area (Å²) in [6.07, 6.45) is 0.414. The predicted octanol–water partition coefficient (Wildman–Crippen LogP) is 0.507. The molecule has 1 rings (SSSR count). The van der Waals surface area contributed by atoms with Crippen LogP contribution in [0.5, 0.6) is 0 Å². The number of amides is 1. The van der Waals surface area contributed by atoms with Gasteiger partial charge in [-0.1, -0.05) is 5.16 Å². The van der Waals surface area contributed by atoms with E-state index in [4.69, 9.17) is 9.63 Å². The molecule has 0 saturated carbocycles. The minimum atomic E-state index is -0.971. The Labute approximate surface area is 92.6 Å². The van der Waals surface area contributed by atoms with Gasteiger partial charge in [0, 0.05) is 25.5 Å². The fourth-order valence-corrected chi connectivity index (χ4v) is 1.17. The summed E-state index contributed by atoms with van der Waals surface area (Å²) in [6.45, 7) is 2.24. The van der Waals surface area contributed by atoms with Gasteiger partial charge in [-0.3, -0.25) is 9.59 Å². The van der Waals surface area contributed by atoms with Crippen LogP contribution in [0.2, 0.25) is 0 Å². The average molecular weight is 226 g/mol. The molecule has 1 heterocycles. The molecule has 88 valence electrons. The number of nitrogens with zero attached hydrogens (tertiary/aromatic N) is 1. The highest BCUT2D eigenvalue weighted by molar-refractivity contribution is 5.80. The fourth-order valence-electron chi connectivity index (χ4n) is 1.17. The molecule has 1 amide bonds. The van der Waals surface area contributed by atoms with Gasteiger partial charge in [0.2, 0.25) is 5.91 Å². The Morgan fingerprint density at radius 3 is 2.81 bits per heavy atom. The third-order valence-electron chi connectivity index (χ3n) is 1.94. The number of hydrogen-bond acceptors (Lipinski definition) is 4. The van der Waals surface area contributed by atoms with Gasteiger partial charge >= 0.3 is 5.97 Å². The first-order chi connectivity index (χ1) is 7.58. The molecule has 0 spiro atoms. The molecule has 0 aliphatic carbocycles. The van der Waals surface area contributed by atoms with Crippen LogP contribution in [0.4, 0.5) is 0 Å². The van der Waals surface area contributed by atoms with Crippen molar-refractivity contribution in [2.24, 2.45) is 0 Å². The topological polar surface area (TPSA) is 92.4 Å². The Morgan fingerprint density at radius 1 is 1.50 bits per heavy atom. The molecule has 0 aliphatic heterocycles. The lowest BCUT2D eigenvalue weighted by atomic mass is 10.2. The Balaban J connectivity index is 2.15. The lowest BCUT2D eigenvalue weighted by Crippen LogP contribution is -2.25. The number of aromatic nitrogens is 1. The van der Waals surface area contributed by atoms with E-state index in [1.165, 1.54) is 0 Å². The van der Waals surface area contributed by atoms with Gasteiger partial charge in [-0.2, -0.15) is 0 Å². The quantitative estimate of drug-likeness (QED) is 0.737. The molecule has 1 aromatic rings. The monoisotopic (exact) mass is 226 g/mol. The van der Waals surface area contributed by atoms with Crippen LogP contribution >= 0.6 is 0 Å². The maximum atomic E-state index is 11.1. The van der Waals surface area contributed by atoms with E-state index in [9.17, 15) is 9.59 Å².